The Kier molecular flexibility index (Phi) is 2.14. The predicted molar refractivity (Wildman–Crippen MR) is 43.9 cm³/mol. The van der Waals surface area contributed by atoms with Gasteiger partial charge in [-0.15, -0.1) is 0 Å². The first kappa shape index (κ1) is 8.07. The van der Waals surface area contributed by atoms with E-state index in [-0.39, 0.29) is 6.61 Å². The van der Waals surface area contributed by atoms with Gasteiger partial charge in [0.05, 0.1) is 18.9 Å². The van der Waals surface area contributed by atoms with E-state index < -0.39 is 0 Å². The van der Waals surface area contributed by atoms with Gasteiger partial charge in [-0.05, 0) is 12.1 Å². The summed E-state index contributed by atoms with van der Waals surface area (Å²) in [6.45, 7) is -0.120. The van der Waals surface area contributed by atoms with E-state index in [9.17, 15) is 0 Å². The molecule has 0 bridgehead atoms. The van der Waals surface area contributed by atoms with E-state index in [1.165, 1.54) is 6.20 Å². The SMILES string of the molecule is OCc1cnc(Cc2ccco2)o1. The van der Waals surface area contributed by atoms with Crippen molar-refractivity contribution in [2.75, 3.05) is 0 Å². The largest absolute Gasteiger partial charge is 0.469 e. The van der Waals surface area contributed by atoms with Crippen LogP contribution in [-0.4, -0.2) is 10.1 Å². The van der Waals surface area contributed by atoms with Gasteiger partial charge in [0.2, 0.25) is 5.89 Å². The molecule has 0 unspecified atom stereocenters. The molecule has 0 amide bonds. The highest BCUT2D eigenvalue weighted by atomic mass is 16.4. The van der Waals surface area contributed by atoms with Crippen LogP contribution in [0.15, 0.2) is 33.4 Å². The van der Waals surface area contributed by atoms with E-state index in [0.29, 0.717) is 18.1 Å². The number of hydrogen-bond acceptors (Lipinski definition) is 4. The Hall–Kier alpha value is -1.55. The van der Waals surface area contributed by atoms with Gasteiger partial charge in [0.25, 0.3) is 0 Å². The summed E-state index contributed by atoms with van der Waals surface area (Å²) >= 11 is 0. The Morgan fingerprint density at radius 3 is 2.92 bits per heavy atom. The maximum Gasteiger partial charge on any atom is 0.202 e. The number of rotatable bonds is 3. The van der Waals surface area contributed by atoms with Gasteiger partial charge in [0, 0.05) is 0 Å². The molecule has 1 N–H and O–H groups in total. The van der Waals surface area contributed by atoms with Crippen molar-refractivity contribution in [2.45, 2.75) is 13.0 Å². The summed E-state index contributed by atoms with van der Waals surface area (Å²) in [4.78, 5) is 3.98. The predicted octanol–water partition coefficient (Wildman–Crippen LogP) is 1.35. The van der Waals surface area contributed by atoms with Crippen LogP contribution in [0, 0.1) is 0 Å². The number of aliphatic hydroxyl groups is 1. The van der Waals surface area contributed by atoms with Crippen LogP contribution in [0.5, 0.6) is 0 Å². The third-order valence-electron chi connectivity index (χ3n) is 1.66. The van der Waals surface area contributed by atoms with Gasteiger partial charge in [-0.2, -0.15) is 0 Å². The molecule has 0 aliphatic heterocycles. The average Bonchev–Trinajstić information content (AvgIpc) is 2.76. The first-order chi connectivity index (χ1) is 6.38. The minimum Gasteiger partial charge on any atom is -0.469 e. The molecule has 2 heterocycles. The van der Waals surface area contributed by atoms with Gasteiger partial charge in [0.15, 0.2) is 0 Å². The molecule has 0 aromatic carbocycles. The van der Waals surface area contributed by atoms with Gasteiger partial charge in [0.1, 0.15) is 18.1 Å². The first-order valence-corrected chi connectivity index (χ1v) is 3.95. The summed E-state index contributed by atoms with van der Waals surface area (Å²) < 4.78 is 10.3. The van der Waals surface area contributed by atoms with Crippen LogP contribution in [0.2, 0.25) is 0 Å². The Bertz CT molecular complexity index is 364. The number of oxazole rings is 1. The molecule has 4 heteroatoms. The molecule has 2 aromatic rings. The summed E-state index contributed by atoms with van der Waals surface area (Å²) in [6, 6.07) is 3.66. The van der Waals surface area contributed by atoms with Crippen molar-refractivity contribution in [3.8, 4) is 0 Å². The van der Waals surface area contributed by atoms with Crippen molar-refractivity contribution in [1.82, 2.24) is 4.98 Å². The van der Waals surface area contributed by atoms with Crippen molar-refractivity contribution >= 4 is 0 Å². The highest BCUT2D eigenvalue weighted by Gasteiger charge is 2.05. The van der Waals surface area contributed by atoms with E-state index in [1.54, 1.807) is 6.26 Å². The maximum atomic E-state index is 8.72. The van der Waals surface area contributed by atoms with Crippen molar-refractivity contribution in [3.63, 3.8) is 0 Å². The van der Waals surface area contributed by atoms with Crippen LogP contribution in [0.25, 0.3) is 0 Å². The highest BCUT2D eigenvalue weighted by Crippen LogP contribution is 2.10. The summed E-state index contributed by atoms with van der Waals surface area (Å²) in [7, 11) is 0. The summed E-state index contributed by atoms with van der Waals surface area (Å²) in [5.74, 6) is 1.83. The second-order valence-electron chi connectivity index (χ2n) is 2.63. The van der Waals surface area contributed by atoms with E-state index in [1.807, 2.05) is 12.1 Å². The van der Waals surface area contributed by atoms with Gasteiger partial charge < -0.3 is 13.9 Å². The van der Waals surface area contributed by atoms with Crippen molar-refractivity contribution < 1.29 is 13.9 Å². The lowest BCUT2D eigenvalue weighted by atomic mass is 10.3. The number of aliphatic hydroxyl groups excluding tert-OH is 1. The average molecular weight is 179 g/mol. The zero-order valence-corrected chi connectivity index (χ0v) is 6.93. The van der Waals surface area contributed by atoms with Crippen molar-refractivity contribution in [1.29, 1.82) is 0 Å². The van der Waals surface area contributed by atoms with Crippen LogP contribution in [-0.2, 0) is 13.0 Å². The molecule has 4 nitrogen and oxygen atoms in total. The molecule has 0 saturated heterocycles. The molecule has 0 atom stereocenters. The Labute approximate surface area is 74.8 Å². The molecule has 13 heavy (non-hydrogen) atoms. The van der Waals surface area contributed by atoms with Crippen LogP contribution in [0.1, 0.15) is 17.4 Å². The minimum absolute atomic E-state index is 0.120. The zero-order valence-electron chi connectivity index (χ0n) is 6.93. The zero-order chi connectivity index (χ0) is 9.10. The Morgan fingerprint density at radius 2 is 2.31 bits per heavy atom. The maximum absolute atomic E-state index is 8.72. The summed E-state index contributed by atoms with van der Waals surface area (Å²) in [5.41, 5.74) is 0. The lowest BCUT2D eigenvalue weighted by Crippen LogP contribution is -1.84. The molecule has 0 fully saturated rings. The second-order valence-corrected chi connectivity index (χ2v) is 2.63. The lowest BCUT2D eigenvalue weighted by molar-refractivity contribution is 0.243. The lowest BCUT2D eigenvalue weighted by Gasteiger charge is -1.90. The number of nitrogens with zero attached hydrogens (tertiary/aromatic N) is 1. The van der Waals surface area contributed by atoms with Crippen molar-refractivity contribution in [3.05, 3.63) is 42.0 Å². The molecule has 2 rings (SSSR count). The van der Waals surface area contributed by atoms with Crippen molar-refractivity contribution in [2.24, 2.45) is 0 Å². The Balaban J connectivity index is 2.10. The van der Waals surface area contributed by atoms with E-state index in [4.69, 9.17) is 13.9 Å². The fourth-order valence-electron chi connectivity index (χ4n) is 1.07. The summed E-state index contributed by atoms with van der Waals surface area (Å²) in [5, 5.41) is 8.72. The highest BCUT2D eigenvalue weighted by molar-refractivity contribution is 5.05. The molecule has 68 valence electrons. The van der Waals surface area contributed by atoms with E-state index in [2.05, 4.69) is 4.98 Å². The monoisotopic (exact) mass is 179 g/mol. The first-order valence-electron chi connectivity index (χ1n) is 3.95. The fourth-order valence-corrected chi connectivity index (χ4v) is 1.07. The smallest absolute Gasteiger partial charge is 0.202 e. The Morgan fingerprint density at radius 1 is 1.38 bits per heavy atom. The van der Waals surface area contributed by atoms with Gasteiger partial charge in [-0.3, -0.25) is 0 Å². The molecular weight excluding hydrogens is 170 g/mol. The molecule has 0 saturated carbocycles. The minimum atomic E-state index is -0.120. The quantitative estimate of drug-likeness (QED) is 0.772. The van der Waals surface area contributed by atoms with Crippen LogP contribution in [0.3, 0.4) is 0 Å². The topological polar surface area (TPSA) is 59.4 Å². The standard InChI is InChI=1S/C9H9NO3/c11-6-8-5-10-9(13-8)4-7-2-1-3-12-7/h1-3,5,11H,4,6H2. The van der Waals surface area contributed by atoms with Gasteiger partial charge in [-0.25, -0.2) is 4.98 Å². The van der Waals surface area contributed by atoms with Gasteiger partial charge >= 0.3 is 0 Å². The fraction of sp³-hybridized carbons (Fsp3) is 0.222. The summed E-state index contributed by atoms with van der Waals surface area (Å²) in [6.07, 6.45) is 3.64. The van der Waals surface area contributed by atoms with Crippen LogP contribution in [0.4, 0.5) is 0 Å². The van der Waals surface area contributed by atoms with Crippen LogP contribution >= 0.6 is 0 Å². The second kappa shape index (κ2) is 3.45. The number of hydrogen-bond donors (Lipinski definition) is 1. The number of aromatic nitrogens is 1. The van der Waals surface area contributed by atoms with Gasteiger partial charge in [-0.1, -0.05) is 0 Å². The third kappa shape index (κ3) is 1.78. The van der Waals surface area contributed by atoms with E-state index in [0.717, 1.165) is 5.76 Å². The third-order valence-corrected chi connectivity index (χ3v) is 1.66. The van der Waals surface area contributed by atoms with Crippen LogP contribution < -0.4 is 0 Å². The van der Waals surface area contributed by atoms with E-state index >= 15 is 0 Å². The normalized spacial score (nSPS) is 10.5. The molecule has 2 aromatic heterocycles. The molecule has 0 aliphatic rings. The molecule has 0 radical (unpaired) electrons. The molecule has 0 aliphatic carbocycles. The number of furan rings is 1. The molecular formula is C9H9NO3. The molecule has 0 spiro atoms.